The van der Waals surface area contributed by atoms with Gasteiger partial charge >= 0.3 is 0 Å². The summed E-state index contributed by atoms with van der Waals surface area (Å²) in [5.41, 5.74) is 1.02. The largest absolute Gasteiger partial charge is 0.221 e. The Labute approximate surface area is 102 Å². The first-order chi connectivity index (χ1) is 7.58. The summed E-state index contributed by atoms with van der Waals surface area (Å²) in [6, 6.07) is 5.97. The van der Waals surface area contributed by atoms with E-state index in [4.69, 9.17) is 23.2 Å². The molecule has 0 fully saturated rings. The van der Waals surface area contributed by atoms with Crippen LogP contribution in [0.25, 0.3) is 11.1 Å². The van der Waals surface area contributed by atoms with Gasteiger partial charge in [0.05, 0.1) is 5.56 Å². The molecule has 82 valence electrons. The van der Waals surface area contributed by atoms with E-state index < -0.39 is 0 Å². The lowest BCUT2D eigenvalue weighted by atomic mass is 10.1. The van der Waals surface area contributed by atoms with Crippen molar-refractivity contribution in [1.82, 2.24) is 9.97 Å². The van der Waals surface area contributed by atoms with Crippen LogP contribution < -0.4 is 0 Å². The number of aromatic nitrogens is 2. The van der Waals surface area contributed by atoms with Crippen LogP contribution in [0.5, 0.6) is 0 Å². The third-order valence-electron chi connectivity index (χ3n) is 2.05. The van der Waals surface area contributed by atoms with Gasteiger partial charge in [0.25, 0.3) is 0 Å². The summed E-state index contributed by atoms with van der Waals surface area (Å²) in [5.74, 6) is 0.125. The predicted molar refractivity (Wildman–Crippen MR) is 62.2 cm³/mol. The highest BCUT2D eigenvalue weighted by Gasteiger charge is 2.12. The maximum absolute atomic E-state index is 13.1. The molecule has 0 atom stereocenters. The molecule has 5 heteroatoms. The summed E-state index contributed by atoms with van der Waals surface area (Å²) in [5, 5.41) is 0.450. The zero-order valence-corrected chi connectivity index (χ0v) is 9.85. The molecule has 0 saturated carbocycles. The minimum Gasteiger partial charge on any atom is -0.221 e. The number of rotatable bonds is 1. The van der Waals surface area contributed by atoms with Crippen LogP contribution in [0.1, 0.15) is 5.82 Å². The van der Waals surface area contributed by atoms with Crippen LogP contribution in [-0.4, -0.2) is 9.97 Å². The molecule has 0 amide bonds. The SMILES string of the molecule is Cc1nc(Cl)c(-c2cccc(F)c2)c(Cl)n1. The molecule has 2 aromatic rings. The summed E-state index contributed by atoms with van der Waals surface area (Å²) in [6.45, 7) is 1.69. The van der Waals surface area contributed by atoms with Crippen LogP contribution in [0.15, 0.2) is 24.3 Å². The van der Waals surface area contributed by atoms with Gasteiger partial charge < -0.3 is 0 Å². The van der Waals surface area contributed by atoms with Gasteiger partial charge in [0.15, 0.2) is 0 Å². The Hall–Kier alpha value is -1.19. The second kappa shape index (κ2) is 4.36. The fourth-order valence-corrected chi connectivity index (χ4v) is 2.08. The van der Waals surface area contributed by atoms with Crippen LogP contribution in [0.3, 0.4) is 0 Å². The molecular formula is C11H7Cl2FN2. The number of hydrogen-bond donors (Lipinski definition) is 0. The molecule has 0 radical (unpaired) electrons. The zero-order chi connectivity index (χ0) is 11.7. The molecule has 0 aliphatic rings. The minimum atomic E-state index is -0.356. The maximum Gasteiger partial charge on any atom is 0.142 e. The minimum absolute atomic E-state index is 0.225. The van der Waals surface area contributed by atoms with Gasteiger partial charge in [-0.05, 0) is 24.6 Å². The molecule has 0 bridgehead atoms. The Morgan fingerprint density at radius 2 is 1.75 bits per heavy atom. The first kappa shape index (κ1) is 11.3. The van der Waals surface area contributed by atoms with Crippen LogP contribution in [0.2, 0.25) is 10.3 Å². The second-order valence-corrected chi connectivity index (χ2v) is 3.95. The van der Waals surface area contributed by atoms with Crippen molar-refractivity contribution in [3.05, 3.63) is 46.2 Å². The van der Waals surface area contributed by atoms with Gasteiger partial charge in [-0.15, -0.1) is 0 Å². The third-order valence-corrected chi connectivity index (χ3v) is 2.59. The van der Waals surface area contributed by atoms with Crippen molar-refractivity contribution in [2.24, 2.45) is 0 Å². The first-order valence-electron chi connectivity index (χ1n) is 4.53. The van der Waals surface area contributed by atoms with Crippen molar-refractivity contribution in [2.75, 3.05) is 0 Å². The third kappa shape index (κ3) is 2.15. The molecule has 0 saturated heterocycles. The molecule has 1 aromatic heterocycles. The monoisotopic (exact) mass is 256 g/mol. The average Bonchev–Trinajstić information content (AvgIpc) is 2.15. The van der Waals surface area contributed by atoms with Crippen molar-refractivity contribution in [2.45, 2.75) is 6.92 Å². The summed E-state index contributed by atoms with van der Waals surface area (Å²) < 4.78 is 13.1. The fourth-order valence-electron chi connectivity index (χ4n) is 1.39. The van der Waals surface area contributed by atoms with Gasteiger partial charge in [0.1, 0.15) is 21.9 Å². The summed E-state index contributed by atoms with van der Waals surface area (Å²) >= 11 is 11.9. The Bertz CT molecular complexity index is 520. The van der Waals surface area contributed by atoms with Gasteiger partial charge in [-0.2, -0.15) is 0 Å². The molecule has 0 aliphatic heterocycles. The molecule has 0 spiro atoms. The van der Waals surface area contributed by atoms with E-state index in [2.05, 4.69) is 9.97 Å². The molecule has 2 rings (SSSR count). The molecule has 2 nitrogen and oxygen atoms in total. The summed E-state index contributed by atoms with van der Waals surface area (Å²) in [6.07, 6.45) is 0. The van der Waals surface area contributed by atoms with Crippen LogP contribution in [-0.2, 0) is 0 Å². The van der Waals surface area contributed by atoms with Gasteiger partial charge in [-0.1, -0.05) is 35.3 Å². The van der Waals surface area contributed by atoms with E-state index in [1.807, 2.05) is 0 Å². The first-order valence-corrected chi connectivity index (χ1v) is 5.29. The van der Waals surface area contributed by atoms with Gasteiger partial charge in [-0.25, -0.2) is 14.4 Å². The van der Waals surface area contributed by atoms with Crippen LogP contribution in [0.4, 0.5) is 4.39 Å². The fraction of sp³-hybridized carbons (Fsp3) is 0.0909. The van der Waals surface area contributed by atoms with Crippen molar-refractivity contribution < 1.29 is 4.39 Å². The molecule has 16 heavy (non-hydrogen) atoms. The molecule has 0 unspecified atom stereocenters. The van der Waals surface area contributed by atoms with Gasteiger partial charge in [-0.3, -0.25) is 0 Å². The van der Waals surface area contributed by atoms with Crippen LogP contribution in [0, 0.1) is 12.7 Å². The quantitative estimate of drug-likeness (QED) is 0.724. The lowest BCUT2D eigenvalue weighted by molar-refractivity contribution is 0.628. The van der Waals surface area contributed by atoms with Gasteiger partial charge in [0.2, 0.25) is 0 Å². The average molecular weight is 257 g/mol. The molecule has 1 aromatic carbocycles. The number of halogens is 3. The highest BCUT2D eigenvalue weighted by molar-refractivity contribution is 6.37. The lowest BCUT2D eigenvalue weighted by Gasteiger charge is -2.06. The number of aryl methyl sites for hydroxylation is 1. The highest BCUT2D eigenvalue weighted by atomic mass is 35.5. The topological polar surface area (TPSA) is 25.8 Å². The predicted octanol–water partition coefficient (Wildman–Crippen LogP) is 3.90. The van der Waals surface area contributed by atoms with E-state index in [1.54, 1.807) is 19.1 Å². The summed E-state index contributed by atoms with van der Waals surface area (Å²) in [4.78, 5) is 7.98. The molecule has 1 heterocycles. The van der Waals surface area contributed by atoms with Gasteiger partial charge in [0, 0.05) is 0 Å². The van der Waals surface area contributed by atoms with Crippen molar-refractivity contribution in [3.8, 4) is 11.1 Å². The Balaban J connectivity index is 2.64. The Morgan fingerprint density at radius 3 is 2.31 bits per heavy atom. The van der Waals surface area contributed by atoms with E-state index >= 15 is 0 Å². The maximum atomic E-state index is 13.1. The molecular weight excluding hydrogens is 250 g/mol. The normalized spacial score (nSPS) is 10.5. The number of benzene rings is 1. The lowest BCUT2D eigenvalue weighted by Crippen LogP contribution is -1.93. The van der Waals surface area contributed by atoms with Crippen LogP contribution >= 0.6 is 23.2 Å². The van der Waals surface area contributed by atoms with E-state index in [1.165, 1.54) is 12.1 Å². The smallest absolute Gasteiger partial charge is 0.142 e. The number of nitrogens with zero attached hydrogens (tertiary/aromatic N) is 2. The molecule has 0 N–H and O–H groups in total. The van der Waals surface area contributed by atoms with E-state index in [-0.39, 0.29) is 16.1 Å². The standard InChI is InChI=1S/C11H7Cl2FN2/c1-6-15-10(12)9(11(13)16-6)7-3-2-4-8(14)5-7/h2-5H,1H3. The Kier molecular flexibility index (Phi) is 3.08. The van der Waals surface area contributed by atoms with E-state index in [0.717, 1.165) is 0 Å². The Morgan fingerprint density at radius 1 is 1.12 bits per heavy atom. The second-order valence-electron chi connectivity index (χ2n) is 3.24. The molecule has 0 aliphatic carbocycles. The van der Waals surface area contributed by atoms with Crippen molar-refractivity contribution in [3.63, 3.8) is 0 Å². The summed E-state index contributed by atoms with van der Waals surface area (Å²) in [7, 11) is 0. The zero-order valence-electron chi connectivity index (χ0n) is 8.34. The highest BCUT2D eigenvalue weighted by Crippen LogP contribution is 2.32. The van der Waals surface area contributed by atoms with E-state index in [9.17, 15) is 4.39 Å². The van der Waals surface area contributed by atoms with Crippen molar-refractivity contribution in [1.29, 1.82) is 0 Å². The number of hydrogen-bond acceptors (Lipinski definition) is 2. The van der Waals surface area contributed by atoms with Crippen molar-refractivity contribution >= 4 is 23.2 Å². The van der Waals surface area contributed by atoms with E-state index in [0.29, 0.717) is 17.0 Å².